The zero-order valence-electron chi connectivity index (χ0n) is 17.7. The maximum Gasteiger partial charge on any atom is 0.492 e. The van der Waals surface area contributed by atoms with Gasteiger partial charge in [-0.3, -0.25) is 4.79 Å². The zero-order valence-corrected chi connectivity index (χ0v) is 17.7. The second-order valence-corrected chi connectivity index (χ2v) is 8.24. The van der Waals surface area contributed by atoms with E-state index in [1.54, 1.807) is 6.07 Å². The molecule has 2 N–H and O–H groups in total. The lowest BCUT2D eigenvalue weighted by Gasteiger charge is -2.32. The Morgan fingerprint density at radius 1 is 1.17 bits per heavy atom. The Morgan fingerprint density at radius 2 is 1.83 bits per heavy atom. The number of fused-ring (bicyclic) bond motifs is 1. The fourth-order valence-electron chi connectivity index (χ4n) is 3.09. The predicted molar refractivity (Wildman–Crippen MR) is 112 cm³/mol. The van der Waals surface area contributed by atoms with Gasteiger partial charge >= 0.3 is 13.1 Å². The molecular formula is C21H27BN2O5. The van der Waals surface area contributed by atoms with E-state index >= 15 is 0 Å². The number of carbonyl (C=O) groups is 2. The van der Waals surface area contributed by atoms with Crippen LogP contribution in [0.1, 0.15) is 50.7 Å². The van der Waals surface area contributed by atoms with Crippen molar-refractivity contribution in [1.29, 1.82) is 0 Å². The van der Waals surface area contributed by atoms with Crippen LogP contribution < -0.4 is 5.32 Å². The molecule has 3 rings (SSSR count). The first-order chi connectivity index (χ1) is 13.5. The molecule has 2 aromatic rings. The third-order valence-electron chi connectivity index (χ3n) is 5.50. The van der Waals surface area contributed by atoms with Gasteiger partial charge in [0.2, 0.25) is 5.91 Å². The zero-order chi connectivity index (χ0) is 21.4. The Hall–Kier alpha value is -2.58. The highest BCUT2D eigenvalue weighted by Gasteiger charge is 2.52. The number of esters is 1. The maximum atomic E-state index is 11.8. The van der Waals surface area contributed by atoms with E-state index in [1.807, 2.05) is 52.0 Å². The number of aromatic nitrogens is 1. The Morgan fingerprint density at radius 3 is 2.41 bits per heavy atom. The van der Waals surface area contributed by atoms with Gasteiger partial charge in [-0.25, -0.2) is 4.79 Å². The topological polar surface area (TPSA) is 89.7 Å². The van der Waals surface area contributed by atoms with Crippen molar-refractivity contribution in [3.8, 4) is 0 Å². The molecule has 1 fully saturated rings. The van der Waals surface area contributed by atoms with Crippen LogP contribution in [0.5, 0.6) is 0 Å². The van der Waals surface area contributed by atoms with Gasteiger partial charge < -0.3 is 24.3 Å². The number of nitrogens with one attached hydrogen (secondary N) is 2. The van der Waals surface area contributed by atoms with Gasteiger partial charge in [-0.05, 0) is 50.9 Å². The number of ether oxygens (including phenoxy) is 1. The lowest BCUT2D eigenvalue weighted by molar-refractivity contribution is -0.118. The van der Waals surface area contributed by atoms with Crippen LogP contribution in [0.2, 0.25) is 0 Å². The first kappa shape index (κ1) is 21.1. The Balaban J connectivity index is 1.95. The number of amides is 1. The second-order valence-electron chi connectivity index (χ2n) is 8.24. The predicted octanol–water partition coefficient (Wildman–Crippen LogP) is 3.11. The largest absolute Gasteiger partial charge is 0.492 e. The van der Waals surface area contributed by atoms with Crippen molar-refractivity contribution in [2.24, 2.45) is 0 Å². The second kappa shape index (κ2) is 7.69. The van der Waals surface area contributed by atoms with Crippen LogP contribution in [0.3, 0.4) is 0 Å². The third kappa shape index (κ3) is 4.38. The minimum atomic E-state index is -0.572. The molecule has 8 heteroatoms. The number of benzene rings is 1. The molecule has 1 aliphatic rings. The average Bonchev–Trinajstić information content (AvgIpc) is 3.15. The van der Waals surface area contributed by atoms with Gasteiger partial charge in [-0.1, -0.05) is 18.2 Å². The molecule has 7 nitrogen and oxygen atoms in total. The van der Waals surface area contributed by atoms with E-state index in [1.165, 1.54) is 14.0 Å². The molecular weight excluding hydrogens is 371 g/mol. The fraction of sp³-hybridized carbons (Fsp3) is 0.429. The summed E-state index contributed by atoms with van der Waals surface area (Å²) in [5, 5.41) is 3.73. The minimum Gasteiger partial charge on any atom is -0.464 e. The van der Waals surface area contributed by atoms with Crippen molar-refractivity contribution in [1.82, 2.24) is 10.3 Å². The summed E-state index contributed by atoms with van der Waals surface area (Å²) < 4.78 is 17.1. The van der Waals surface area contributed by atoms with Crippen LogP contribution in [0.25, 0.3) is 17.0 Å². The van der Waals surface area contributed by atoms with Gasteiger partial charge in [0.25, 0.3) is 0 Å². The maximum absolute atomic E-state index is 11.8. The summed E-state index contributed by atoms with van der Waals surface area (Å²) >= 11 is 0. The quantitative estimate of drug-likeness (QED) is 0.597. The molecule has 0 radical (unpaired) electrons. The summed E-state index contributed by atoms with van der Waals surface area (Å²) in [5.41, 5.74) is 1.95. The molecule has 1 aliphatic heterocycles. The Bertz CT molecular complexity index is 961. The monoisotopic (exact) mass is 398 g/mol. The number of carbonyl (C=O) groups excluding carboxylic acids is 2. The summed E-state index contributed by atoms with van der Waals surface area (Å²) in [7, 11) is 0.776. The molecule has 0 spiro atoms. The smallest absolute Gasteiger partial charge is 0.464 e. The minimum absolute atomic E-state index is 0.130. The number of rotatable bonds is 5. The number of hydrogen-bond donors (Lipinski definition) is 2. The number of methoxy groups -OCH3 is 1. The van der Waals surface area contributed by atoms with Crippen LogP contribution in [-0.4, -0.2) is 48.8 Å². The highest BCUT2D eigenvalue weighted by atomic mass is 16.7. The van der Waals surface area contributed by atoms with E-state index < -0.39 is 24.3 Å². The number of hydrogen-bond acceptors (Lipinski definition) is 5. The van der Waals surface area contributed by atoms with E-state index in [2.05, 4.69) is 10.3 Å². The van der Waals surface area contributed by atoms with Gasteiger partial charge in [0.05, 0.1) is 18.3 Å². The molecule has 1 amide bonds. The van der Waals surface area contributed by atoms with Crippen molar-refractivity contribution in [2.45, 2.75) is 45.8 Å². The molecule has 0 bridgehead atoms. The van der Waals surface area contributed by atoms with E-state index in [4.69, 9.17) is 14.0 Å². The van der Waals surface area contributed by atoms with Crippen molar-refractivity contribution in [3.63, 3.8) is 0 Å². The molecule has 1 aromatic carbocycles. The van der Waals surface area contributed by atoms with Crippen LogP contribution in [0.15, 0.2) is 29.7 Å². The summed E-state index contributed by atoms with van der Waals surface area (Å²) in [6.45, 7) is 9.74. The number of aromatic amines is 1. The molecule has 2 heterocycles. The van der Waals surface area contributed by atoms with Crippen molar-refractivity contribution in [2.75, 3.05) is 13.7 Å². The van der Waals surface area contributed by atoms with Crippen molar-refractivity contribution < 1.29 is 23.6 Å². The van der Waals surface area contributed by atoms with E-state index in [0.29, 0.717) is 12.2 Å². The number of H-pyrrole nitrogens is 1. The van der Waals surface area contributed by atoms with Crippen LogP contribution >= 0.6 is 0 Å². The summed E-state index contributed by atoms with van der Waals surface area (Å²) in [5.74, 6) is -0.545. The Kier molecular flexibility index (Phi) is 5.60. The van der Waals surface area contributed by atoms with Crippen molar-refractivity contribution in [3.05, 3.63) is 41.0 Å². The summed E-state index contributed by atoms with van der Waals surface area (Å²) in [6, 6.07) is 7.54. The molecule has 0 saturated carbocycles. The lowest BCUT2D eigenvalue weighted by Crippen LogP contribution is -2.41. The standard InChI is InChI=1S/C21H27BN2O5/c1-13(25)23-12-16(22-28-20(2,3)21(4,5)29-22)9-14-7-8-15-11-18(19(26)27-6)24-17(15)10-14/h7-11,24H,12H2,1-6H3,(H,23,25). The average molecular weight is 398 g/mol. The van der Waals surface area contributed by atoms with E-state index in [9.17, 15) is 9.59 Å². The first-order valence-electron chi connectivity index (χ1n) is 9.54. The van der Waals surface area contributed by atoms with Crippen LogP contribution in [0, 0.1) is 0 Å². The highest BCUT2D eigenvalue weighted by molar-refractivity contribution is 6.56. The molecule has 0 unspecified atom stereocenters. The molecule has 29 heavy (non-hydrogen) atoms. The van der Waals surface area contributed by atoms with Gasteiger partial charge in [0.15, 0.2) is 0 Å². The van der Waals surface area contributed by atoms with Crippen LogP contribution in [-0.2, 0) is 18.8 Å². The third-order valence-corrected chi connectivity index (χ3v) is 5.50. The molecule has 0 aliphatic carbocycles. The van der Waals surface area contributed by atoms with Gasteiger partial charge in [-0.2, -0.15) is 0 Å². The molecule has 1 saturated heterocycles. The van der Waals surface area contributed by atoms with Crippen molar-refractivity contribution >= 4 is 36.0 Å². The summed E-state index contributed by atoms with van der Waals surface area (Å²) in [4.78, 5) is 26.3. The van der Waals surface area contributed by atoms with Gasteiger partial charge in [0, 0.05) is 24.4 Å². The Labute approximate surface area is 170 Å². The van der Waals surface area contributed by atoms with E-state index in [0.717, 1.165) is 21.9 Å². The SMILES string of the molecule is COC(=O)c1cc2ccc(C=C(CNC(C)=O)B3OC(C)(C)C(C)(C)O3)cc2[nH]1. The van der Waals surface area contributed by atoms with Crippen LogP contribution in [0.4, 0.5) is 0 Å². The molecule has 0 atom stereocenters. The fourth-order valence-corrected chi connectivity index (χ4v) is 3.09. The van der Waals surface area contributed by atoms with E-state index in [-0.39, 0.29) is 5.91 Å². The lowest BCUT2D eigenvalue weighted by atomic mass is 9.77. The highest BCUT2D eigenvalue weighted by Crippen LogP contribution is 2.38. The normalized spacial score (nSPS) is 18.1. The molecule has 154 valence electrons. The van der Waals surface area contributed by atoms with Gasteiger partial charge in [0.1, 0.15) is 5.69 Å². The molecule has 1 aromatic heterocycles. The first-order valence-corrected chi connectivity index (χ1v) is 9.54. The summed E-state index contributed by atoms with van der Waals surface area (Å²) in [6.07, 6.45) is 1.94. The van der Waals surface area contributed by atoms with Gasteiger partial charge in [-0.15, -0.1) is 0 Å².